The summed E-state index contributed by atoms with van der Waals surface area (Å²) in [4.78, 5) is 0. The monoisotopic (exact) mass is 311 g/mol. The van der Waals surface area contributed by atoms with Crippen LogP contribution in [0.25, 0.3) is 0 Å². The zero-order valence-electron chi connectivity index (χ0n) is 10.7. The van der Waals surface area contributed by atoms with Crippen LogP contribution in [-0.4, -0.2) is 16.8 Å². The van der Waals surface area contributed by atoms with Gasteiger partial charge in [0.05, 0.1) is 16.1 Å². The van der Waals surface area contributed by atoms with Crippen molar-refractivity contribution in [1.82, 2.24) is 5.32 Å². The highest BCUT2D eigenvalue weighted by Gasteiger charge is 2.09. The van der Waals surface area contributed by atoms with Crippen LogP contribution < -0.4 is 5.32 Å². The first-order valence-corrected chi connectivity index (χ1v) is 6.94. The second-order valence-corrected chi connectivity index (χ2v) is 5.24. The zero-order valence-corrected chi connectivity index (χ0v) is 12.2. The molecule has 3 N–H and O–H groups in total. The summed E-state index contributed by atoms with van der Waals surface area (Å²) < 4.78 is 0. The van der Waals surface area contributed by atoms with E-state index in [1.807, 2.05) is 12.1 Å². The highest BCUT2D eigenvalue weighted by Crippen LogP contribution is 2.25. The van der Waals surface area contributed by atoms with Gasteiger partial charge >= 0.3 is 0 Å². The largest absolute Gasteiger partial charge is 0.508 e. The molecule has 0 aliphatic carbocycles. The van der Waals surface area contributed by atoms with Crippen LogP contribution in [0.5, 0.6) is 5.75 Å². The molecule has 0 fully saturated rings. The minimum Gasteiger partial charge on any atom is -0.508 e. The molecule has 106 valence electrons. The Morgan fingerprint density at radius 1 is 1.10 bits per heavy atom. The van der Waals surface area contributed by atoms with Crippen molar-refractivity contribution >= 4 is 23.2 Å². The molecule has 0 saturated heterocycles. The van der Waals surface area contributed by atoms with E-state index in [1.165, 1.54) is 0 Å². The minimum atomic E-state index is -0.694. The van der Waals surface area contributed by atoms with Gasteiger partial charge in [0.2, 0.25) is 0 Å². The fourth-order valence-corrected chi connectivity index (χ4v) is 2.27. The molecule has 0 heterocycles. The molecule has 2 rings (SSSR count). The maximum Gasteiger partial charge on any atom is 0.115 e. The summed E-state index contributed by atoms with van der Waals surface area (Å²) in [5, 5.41) is 23.5. The standard InChI is InChI=1S/C15H15Cl2NO2/c16-13-6-2-4-11(15(13)17)8-18-9-14(20)10-3-1-5-12(19)7-10/h1-7,14,18-20H,8-9H2. The molecule has 5 heteroatoms. The number of hydrogen-bond acceptors (Lipinski definition) is 3. The van der Waals surface area contributed by atoms with Crippen LogP contribution in [0.15, 0.2) is 42.5 Å². The van der Waals surface area contributed by atoms with Crippen molar-refractivity contribution in [2.24, 2.45) is 0 Å². The molecule has 3 nitrogen and oxygen atoms in total. The lowest BCUT2D eigenvalue weighted by molar-refractivity contribution is 0.174. The number of hydrogen-bond donors (Lipinski definition) is 3. The SMILES string of the molecule is Oc1cccc(C(O)CNCc2cccc(Cl)c2Cl)c1. The maximum atomic E-state index is 10.0. The van der Waals surface area contributed by atoms with Crippen LogP contribution in [0.4, 0.5) is 0 Å². The summed E-state index contributed by atoms with van der Waals surface area (Å²) >= 11 is 12.0. The molecule has 1 unspecified atom stereocenters. The molecular weight excluding hydrogens is 297 g/mol. The lowest BCUT2D eigenvalue weighted by Crippen LogP contribution is -2.21. The molecule has 2 aromatic carbocycles. The van der Waals surface area contributed by atoms with E-state index in [9.17, 15) is 10.2 Å². The highest BCUT2D eigenvalue weighted by molar-refractivity contribution is 6.42. The van der Waals surface area contributed by atoms with E-state index in [0.717, 1.165) is 5.56 Å². The molecular formula is C15H15Cl2NO2. The number of aliphatic hydroxyl groups is 1. The molecule has 0 aromatic heterocycles. The van der Waals surface area contributed by atoms with Crippen LogP contribution in [0.1, 0.15) is 17.2 Å². The van der Waals surface area contributed by atoms with Gasteiger partial charge in [0.1, 0.15) is 5.75 Å². The van der Waals surface area contributed by atoms with Gasteiger partial charge in [-0.1, -0.05) is 47.5 Å². The van der Waals surface area contributed by atoms with E-state index in [-0.39, 0.29) is 5.75 Å². The number of nitrogens with one attached hydrogen (secondary N) is 1. The zero-order chi connectivity index (χ0) is 14.5. The average Bonchev–Trinajstić information content (AvgIpc) is 2.43. The van der Waals surface area contributed by atoms with Gasteiger partial charge in [-0.2, -0.15) is 0 Å². The quantitative estimate of drug-likeness (QED) is 0.792. The summed E-state index contributed by atoms with van der Waals surface area (Å²) in [5.41, 5.74) is 1.54. The van der Waals surface area contributed by atoms with Crippen molar-refractivity contribution in [3.05, 3.63) is 63.6 Å². The van der Waals surface area contributed by atoms with Gasteiger partial charge in [0.25, 0.3) is 0 Å². The second kappa shape index (κ2) is 6.95. The number of aliphatic hydroxyl groups excluding tert-OH is 1. The van der Waals surface area contributed by atoms with Crippen molar-refractivity contribution in [2.75, 3.05) is 6.54 Å². The van der Waals surface area contributed by atoms with Crippen LogP contribution in [0, 0.1) is 0 Å². The Hall–Kier alpha value is -1.26. The Balaban J connectivity index is 1.91. The Morgan fingerprint density at radius 2 is 1.85 bits per heavy atom. The Labute approximate surface area is 127 Å². The fraction of sp³-hybridized carbons (Fsp3) is 0.200. The van der Waals surface area contributed by atoms with Gasteiger partial charge < -0.3 is 15.5 Å². The molecule has 0 spiro atoms. The van der Waals surface area contributed by atoms with Crippen molar-refractivity contribution in [3.63, 3.8) is 0 Å². The highest BCUT2D eigenvalue weighted by atomic mass is 35.5. The molecule has 2 aromatic rings. The van der Waals surface area contributed by atoms with Crippen molar-refractivity contribution < 1.29 is 10.2 Å². The molecule has 0 radical (unpaired) electrons. The first kappa shape index (κ1) is 15.1. The molecule has 0 aliphatic heterocycles. The van der Waals surface area contributed by atoms with Gasteiger partial charge in [-0.15, -0.1) is 0 Å². The Bertz CT molecular complexity index is 590. The smallest absolute Gasteiger partial charge is 0.115 e. The number of phenolic OH excluding ortho intramolecular Hbond substituents is 1. The average molecular weight is 312 g/mol. The first-order valence-electron chi connectivity index (χ1n) is 6.18. The van der Waals surface area contributed by atoms with E-state index in [2.05, 4.69) is 5.32 Å². The lowest BCUT2D eigenvalue weighted by atomic mass is 10.1. The normalized spacial score (nSPS) is 12.3. The number of benzene rings is 2. The van der Waals surface area contributed by atoms with Crippen LogP contribution >= 0.6 is 23.2 Å². The van der Waals surface area contributed by atoms with Gasteiger partial charge in [-0.25, -0.2) is 0 Å². The Morgan fingerprint density at radius 3 is 2.60 bits per heavy atom. The minimum absolute atomic E-state index is 0.138. The van der Waals surface area contributed by atoms with Crippen LogP contribution in [0.2, 0.25) is 10.0 Å². The van der Waals surface area contributed by atoms with E-state index >= 15 is 0 Å². The maximum absolute atomic E-state index is 10.0. The number of halogens is 2. The summed E-state index contributed by atoms with van der Waals surface area (Å²) in [6, 6.07) is 12.0. The molecule has 1 atom stereocenters. The summed E-state index contributed by atoms with van der Waals surface area (Å²) in [6.45, 7) is 0.863. The molecule has 0 amide bonds. The fourth-order valence-electron chi connectivity index (χ4n) is 1.88. The number of phenols is 1. The van der Waals surface area contributed by atoms with Gasteiger partial charge in [-0.05, 0) is 29.3 Å². The van der Waals surface area contributed by atoms with Crippen molar-refractivity contribution in [3.8, 4) is 5.75 Å². The van der Waals surface area contributed by atoms with Gasteiger partial charge in [-0.3, -0.25) is 0 Å². The van der Waals surface area contributed by atoms with Crippen LogP contribution in [-0.2, 0) is 6.54 Å². The predicted molar refractivity (Wildman–Crippen MR) is 81.2 cm³/mol. The van der Waals surface area contributed by atoms with Crippen molar-refractivity contribution in [2.45, 2.75) is 12.6 Å². The summed E-state index contributed by atoms with van der Waals surface area (Å²) in [7, 11) is 0. The van der Waals surface area contributed by atoms with E-state index in [1.54, 1.807) is 30.3 Å². The third-order valence-corrected chi connectivity index (χ3v) is 3.80. The summed E-state index contributed by atoms with van der Waals surface area (Å²) in [6.07, 6.45) is -0.694. The lowest BCUT2D eigenvalue weighted by Gasteiger charge is -2.13. The van der Waals surface area contributed by atoms with Crippen molar-refractivity contribution in [1.29, 1.82) is 0 Å². The van der Waals surface area contributed by atoms with Crippen LogP contribution in [0.3, 0.4) is 0 Å². The molecule has 0 saturated carbocycles. The molecule has 0 aliphatic rings. The van der Waals surface area contributed by atoms with Gasteiger partial charge in [0, 0.05) is 13.1 Å². The third-order valence-electron chi connectivity index (χ3n) is 2.94. The number of rotatable bonds is 5. The summed E-state index contributed by atoms with van der Waals surface area (Å²) in [5.74, 6) is 0.138. The van der Waals surface area contributed by atoms with E-state index in [0.29, 0.717) is 28.7 Å². The van der Waals surface area contributed by atoms with E-state index < -0.39 is 6.10 Å². The van der Waals surface area contributed by atoms with E-state index in [4.69, 9.17) is 23.2 Å². The third kappa shape index (κ3) is 3.87. The molecule has 20 heavy (non-hydrogen) atoms. The van der Waals surface area contributed by atoms with Gasteiger partial charge in [0.15, 0.2) is 0 Å². The molecule has 0 bridgehead atoms. The second-order valence-electron chi connectivity index (χ2n) is 4.45. The number of aromatic hydroxyl groups is 1. The topological polar surface area (TPSA) is 52.5 Å². The first-order chi connectivity index (χ1) is 9.58. The Kier molecular flexibility index (Phi) is 5.26. The predicted octanol–water partition coefficient (Wildman–Crippen LogP) is 3.52.